The van der Waals surface area contributed by atoms with Crippen LogP contribution in [0.15, 0.2) is 18.2 Å². The fourth-order valence-corrected chi connectivity index (χ4v) is 1.81. The molecule has 0 spiro atoms. The largest absolute Gasteiger partial charge is 0.544 e. The minimum atomic E-state index is -1.67. The fraction of sp³-hybridized carbons (Fsp3) is 0.333. The number of hydrogen-bond acceptors (Lipinski definition) is 3. The molecule has 0 heterocycles. The van der Waals surface area contributed by atoms with Gasteiger partial charge < -0.3 is 14.6 Å². The second-order valence-corrected chi connectivity index (χ2v) is 8.33. The van der Waals surface area contributed by atoms with Crippen molar-refractivity contribution in [1.82, 2.24) is 0 Å². The van der Waals surface area contributed by atoms with Gasteiger partial charge in [-0.05, 0) is 19.6 Å². The second kappa shape index (κ2) is 3.30. The van der Waals surface area contributed by atoms with E-state index in [1.165, 1.54) is 18.2 Å². The van der Waals surface area contributed by atoms with Gasteiger partial charge in [0.1, 0.15) is 17.2 Å². The Labute approximate surface area is 78.7 Å². The molecule has 0 aromatic heterocycles. The third-order valence-electron chi connectivity index (χ3n) is 1.30. The molecule has 0 aliphatic carbocycles. The molecule has 0 aliphatic rings. The molecule has 0 saturated carbocycles. The highest BCUT2D eigenvalue weighted by Gasteiger charge is 2.16. The lowest BCUT2D eigenvalue weighted by atomic mass is 10.3. The van der Waals surface area contributed by atoms with Crippen LogP contribution in [0.1, 0.15) is 0 Å². The molecular weight excluding hydrogens is 184 g/mol. The molecule has 1 rings (SSSR count). The van der Waals surface area contributed by atoms with E-state index >= 15 is 0 Å². The first-order valence-electron chi connectivity index (χ1n) is 4.09. The number of phenols is 2. The summed E-state index contributed by atoms with van der Waals surface area (Å²) in [6.07, 6.45) is 0. The van der Waals surface area contributed by atoms with E-state index in [4.69, 9.17) is 14.6 Å². The number of aromatic hydroxyl groups is 2. The van der Waals surface area contributed by atoms with Crippen LogP contribution in [-0.4, -0.2) is 18.5 Å². The highest BCUT2D eigenvalue weighted by Crippen LogP contribution is 2.27. The van der Waals surface area contributed by atoms with Gasteiger partial charge in [0.05, 0.1) is 0 Å². The molecule has 2 N–H and O–H groups in total. The van der Waals surface area contributed by atoms with Crippen LogP contribution >= 0.6 is 0 Å². The van der Waals surface area contributed by atoms with Crippen LogP contribution in [0.4, 0.5) is 0 Å². The van der Waals surface area contributed by atoms with Crippen molar-refractivity contribution in [3.8, 4) is 17.2 Å². The predicted octanol–water partition coefficient (Wildman–Crippen LogP) is 2.31. The quantitative estimate of drug-likeness (QED) is 0.717. The van der Waals surface area contributed by atoms with Gasteiger partial charge in [0.25, 0.3) is 0 Å². The molecule has 1 aromatic carbocycles. The number of phenolic OH excluding ortho intramolecular Hbond substituents is 2. The maximum atomic E-state index is 9.17. The van der Waals surface area contributed by atoms with Crippen molar-refractivity contribution in [3.05, 3.63) is 18.2 Å². The summed E-state index contributed by atoms with van der Waals surface area (Å²) < 4.78 is 5.58. The first-order valence-corrected chi connectivity index (χ1v) is 7.50. The third-order valence-corrected chi connectivity index (χ3v) is 2.15. The molecule has 4 heteroatoms. The molecule has 0 radical (unpaired) electrons. The van der Waals surface area contributed by atoms with Gasteiger partial charge in [0.2, 0.25) is 8.32 Å². The summed E-state index contributed by atoms with van der Waals surface area (Å²) >= 11 is 0. The van der Waals surface area contributed by atoms with Crippen LogP contribution < -0.4 is 4.43 Å². The maximum Gasteiger partial charge on any atom is 0.242 e. The summed E-state index contributed by atoms with van der Waals surface area (Å²) in [4.78, 5) is 0. The van der Waals surface area contributed by atoms with Gasteiger partial charge in [-0.3, -0.25) is 0 Å². The van der Waals surface area contributed by atoms with Crippen LogP contribution in [0.25, 0.3) is 0 Å². The van der Waals surface area contributed by atoms with Crippen molar-refractivity contribution in [2.75, 3.05) is 0 Å². The van der Waals surface area contributed by atoms with E-state index in [-0.39, 0.29) is 11.5 Å². The molecule has 0 amide bonds. The summed E-state index contributed by atoms with van der Waals surface area (Å²) in [6.45, 7) is 6.11. The average molecular weight is 198 g/mol. The van der Waals surface area contributed by atoms with Crippen molar-refractivity contribution in [2.24, 2.45) is 0 Å². The smallest absolute Gasteiger partial charge is 0.242 e. The number of benzene rings is 1. The van der Waals surface area contributed by atoms with E-state index in [1.807, 2.05) is 19.6 Å². The Balaban J connectivity index is 2.90. The Morgan fingerprint density at radius 3 is 1.85 bits per heavy atom. The SMILES string of the molecule is C[Si](C)(C)Oc1cc(O)cc(O)c1. The summed E-state index contributed by atoms with van der Waals surface area (Å²) in [5.41, 5.74) is 0. The Morgan fingerprint density at radius 1 is 1.00 bits per heavy atom. The molecule has 0 saturated heterocycles. The molecule has 0 atom stereocenters. The summed E-state index contributed by atoms with van der Waals surface area (Å²) in [5.74, 6) is 0.568. The van der Waals surface area contributed by atoms with Gasteiger partial charge in [0.15, 0.2) is 0 Å². The van der Waals surface area contributed by atoms with Gasteiger partial charge in [-0.2, -0.15) is 0 Å². The molecule has 72 valence electrons. The highest BCUT2D eigenvalue weighted by molar-refractivity contribution is 6.70. The Morgan fingerprint density at radius 2 is 1.46 bits per heavy atom. The topological polar surface area (TPSA) is 49.7 Å². The van der Waals surface area contributed by atoms with Crippen molar-refractivity contribution in [3.63, 3.8) is 0 Å². The summed E-state index contributed by atoms with van der Waals surface area (Å²) in [6, 6.07) is 4.27. The van der Waals surface area contributed by atoms with E-state index in [1.54, 1.807) is 0 Å². The van der Waals surface area contributed by atoms with Crippen LogP contribution in [0.2, 0.25) is 19.6 Å². The standard InChI is InChI=1S/C9H14O3Si/c1-13(2,3)12-9-5-7(10)4-8(11)6-9/h4-6,10-11H,1-3H3. The lowest BCUT2D eigenvalue weighted by Gasteiger charge is -2.19. The van der Waals surface area contributed by atoms with Crippen LogP contribution in [0.5, 0.6) is 17.2 Å². The zero-order chi connectivity index (χ0) is 10.1. The molecule has 13 heavy (non-hydrogen) atoms. The predicted molar refractivity (Wildman–Crippen MR) is 53.7 cm³/mol. The lowest BCUT2D eigenvalue weighted by Crippen LogP contribution is -2.29. The van der Waals surface area contributed by atoms with Crippen LogP contribution in [0.3, 0.4) is 0 Å². The van der Waals surface area contributed by atoms with Gasteiger partial charge in [-0.1, -0.05) is 0 Å². The van der Waals surface area contributed by atoms with Crippen LogP contribution in [0, 0.1) is 0 Å². The third kappa shape index (κ3) is 3.37. The molecule has 0 aliphatic heterocycles. The Kier molecular flexibility index (Phi) is 2.52. The van der Waals surface area contributed by atoms with Crippen molar-refractivity contribution < 1.29 is 14.6 Å². The van der Waals surface area contributed by atoms with Gasteiger partial charge >= 0.3 is 0 Å². The van der Waals surface area contributed by atoms with Gasteiger partial charge in [-0.25, -0.2) is 0 Å². The summed E-state index contributed by atoms with van der Waals surface area (Å²) in [7, 11) is -1.67. The van der Waals surface area contributed by atoms with Crippen LogP contribution in [-0.2, 0) is 0 Å². The molecular formula is C9H14O3Si. The monoisotopic (exact) mass is 198 g/mol. The van der Waals surface area contributed by atoms with Gasteiger partial charge in [0, 0.05) is 18.2 Å². The van der Waals surface area contributed by atoms with E-state index in [2.05, 4.69) is 0 Å². The number of rotatable bonds is 2. The maximum absolute atomic E-state index is 9.17. The lowest BCUT2D eigenvalue weighted by molar-refractivity contribution is 0.442. The zero-order valence-electron chi connectivity index (χ0n) is 8.03. The molecule has 3 nitrogen and oxygen atoms in total. The summed E-state index contributed by atoms with van der Waals surface area (Å²) in [5, 5.41) is 18.3. The normalized spacial score (nSPS) is 11.3. The van der Waals surface area contributed by atoms with Crippen molar-refractivity contribution in [2.45, 2.75) is 19.6 Å². The highest BCUT2D eigenvalue weighted by atomic mass is 28.4. The molecule has 0 bridgehead atoms. The minimum Gasteiger partial charge on any atom is -0.544 e. The fourth-order valence-electron chi connectivity index (χ4n) is 0.981. The molecule has 0 fully saturated rings. The van der Waals surface area contributed by atoms with Crippen molar-refractivity contribution in [1.29, 1.82) is 0 Å². The average Bonchev–Trinajstić information content (AvgIpc) is 1.78. The first kappa shape index (κ1) is 9.92. The second-order valence-electron chi connectivity index (χ2n) is 3.90. The van der Waals surface area contributed by atoms with E-state index < -0.39 is 8.32 Å². The minimum absolute atomic E-state index is 0.0215. The molecule has 0 unspecified atom stereocenters. The van der Waals surface area contributed by atoms with E-state index in [0.717, 1.165) is 0 Å². The first-order chi connectivity index (χ1) is 5.87. The Bertz CT molecular complexity index is 284. The van der Waals surface area contributed by atoms with E-state index in [0.29, 0.717) is 5.75 Å². The number of hydrogen-bond donors (Lipinski definition) is 2. The van der Waals surface area contributed by atoms with E-state index in [9.17, 15) is 0 Å². The van der Waals surface area contributed by atoms with Gasteiger partial charge in [-0.15, -0.1) is 0 Å². The van der Waals surface area contributed by atoms with Crippen molar-refractivity contribution >= 4 is 8.32 Å². The Hall–Kier alpha value is -1.16. The zero-order valence-corrected chi connectivity index (χ0v) is 9.03. The molecule has 1 aromatic rings.